The van der Waals surface area contributed by atoms with Gasteiger partial charge in [-0.05, 0) is 24.3 Å². The van der Waals surface area contributed by atoms with Gasteiger partial charge in [-0.3, -0.25) is 4.79 Å². The summed E-state index contributed by atoms with van der Waals surface area (Å²) in [6, 6.07) is 9.40. The second-order valence-corrected chi connectivity index (χ2v) is 7.85. The smallest absolute Gasteiger partial charge is 0.363 e. The average Bonchev–Trinajstić information content (AvgIpc) is 2.77. The number of pyridine rings is 1. The van der Waals surface area contributed by atoms with Crippen molar-refractivity contribution in [2.24, 2.45) is 0 Å². The normalized spacial score (nSPS) is 12.6. The molecule has 0 aliphatic carbocycles. The minimum Gasteiger partial charge on any atom is -0.363 e. The maximum Gasteiger partial charge on any atom is 0.419 e. The van der Waals surface area contributed by atoms with E-state index >= 15 is 0 Å². The zero-order chi connectivity index (χ0) is 23.5. The minimum atomic E-state index is -4.46. The summed E-state index contributed by atoms with van der Waals surface area (Å²) in [5.74, 6) is 0.798. The van der Waals surface area contributed by atoms with Crippen LogP contribution in [0, 0.1) is 0 Å². The number of anilines is 1. The first kappa shape index (κ1) is 23.4. The van der Waals surface area contributed by atoms with Gasteiger partial charge in [-0.15, -0.1) is 0 Å². The summed E-state index contributed by atoms with van der Waals surface area (Å²) >= 11 is 0. The molecule has 1 atom stereocenters. The molecule has 0 bridgehead atoms. The largest absolute Gasteiger partial charge is 0.419 e. The zero-order valence-corrected chi connectivity index (χ0v) is 18.5. The Labute approximate surface area is 185 Å². The number of fused-ring (bicyclic) bond motifs is 1. The number of hydrogen-bond acceptors (Lipinski definition) is 5. The van der Waals surface area contributed by atoms with E-state index in [0.717, 1.165) is 23.2 Å². The Morgan fingerprint density at radius 1 is 1.09 bits per heavy atom. The van der Waals surface area contributed by atoms with Crippen molar-refractivity contribution in [3.8, 4) is 0 Å². The molecule has 0 unspecified atom stereocenters. The molecule has 0 saturated carbocycles. The SMILES string of the molecule is CC[C@@H](CCc1ncc(C(F)(F)F)cn1)N(C)C(=O)c1nc(N(C)C)cc2ccccc12. The van der Waals surface area contributed by atoms with Gasteiger partial charge in [-0.25, -0.2) is 15.0 Å². The Balaban J connectivity index is 1.79. The highest BCUT2D eigenvalue weighted by atomic mass is 19.4. The third-order valence-electron chi connectivity index (χ3n) is 5.46. The molecule has 0 fully saturated rings. The van der Waals surface area contributed by atoms with Crippen LogP contribution in [-0.4, -0.2) is 52.9 Å². The van der Waals surface area contributed by atoms with Crippen molar-refractivity contribution in [1.29, 1.82) is 0 Å². The number of carbonyl (C=O) groups is 1. The molecule has 3 aromatic rings. The van der Waals surface area contributed by atoms with Gasteiger partial charge in [0.2, 0.25) is 0 Å². The summed E-state index contributed by atoms with van der Waals surface area (Å²) < 4.78 is 38.1. The lowest BCUT2D eigenvalue weighted by molar-refractivity contribution is -0.138. The van der Waals surface area contributed by atoms with Crippen LogP contribution in [0.25, 0.3) is 10.8 Å². The van der Waals surface area contributed by atoms with E-state index in [0.29, 0.717) is 36.6 Å². The van der Waals surface area contributed by atoms with Gasteiger partial charge in [-0.1, -0.05) is 31.2 Å². The first-order valence-corrected chi connectivity index (χ1v) is 10.3. The molecule has 1 amide bonds. The van der Waals surface area contributed by atoms with Crippen LogP contribution in [0.3, 0.4) is 0 Å². The van der Waals surface area contributed by atoms with Gasteiger partial charge in [0, 0.05) is 51.4 Å². The topological polar surface area (TPSA) is 62.2 Å². The predicted octanol–water partition coefficient (Wildman–Crippen LogP) is 4.59. The van der Waals surface area contributed by atoms with E-state index in [9.17, 15) is 18.0 Å². The Kier molecular flexibility index (Phi) is 6.96. The molecule has 0 aliphatic rings. The van der Waals surface area contributed by atoms with Gasteiger partial charge in [0.25, 0.3) is 5.91 Å². The molecule has 32 heavy (non-hydrogen) atoms. The molecule has 0 radical (unpaired) electrons. The van der Waals surface area contributed by atoms with E-state index in [2.05, 4.69) is 15.0 Å². The van der Waals surface area contributed by atoms with Crippen molar-refractivity contribution in [2.75, 3.05) is 26.0 Å². The fraction of sp³-hybridized carbons (Fsp3) is 0.391. The number of hydrogen-bond donors (Lipinski definition) is 0. The van der Waals surface area contributed by atoms with E-state index in [1.165, 1.54) is 0 Å². The molecule has 0 spiro atoms. The van der Waals surface area contributed by atoms with Crippen LogP contribution < -0.4 is 4.90 Å². The quantitative estimate of drug-likeness (QED) is 0.532. The highest BCUT2D eigenvalue weighted by molar-refractivity contribution is 6.06. The van der Waals surface area contributed by atoms with Crippen LogP contribution >= 0.6 is 0 Å². The number of rotatable bonds is 7. The van der Waals surface area contributed by atoms with Crippen molar-refractivity contribution in [3.63, 3.8) is 0 Å². The van der Waals surface area contributed by atoms with Crippen molar-refractivity contribution in [3.05, 3.63) is 59.8 Å². The van der Waals surface area contributed by atoms with Gasteiger partial charge >= 0.3 is 6.18 Å². The Hall–Kier alpha value is -3.23. The van der Waals surface area contributed by atoms with Gasteiger partial charge in [0.1, 0.15) is 17.3 Å². The van der Waals surface area contributed by atoms with Crippen LogP contribution in [0.1, 0.15) is 41.6 Å². The van der Waals surface area contributed by atoms with E-state index in [1.54, 1.807) is 11.9 Å². The van der Waals surface area contributed by atoms with Crippen LogP contribution in [-0.2, 0) is 12.6 Å². The maximum atomic E-state index is 13.4. The lowest BCUT2D eigenvalue weighted by atomic mass is 10.0. The highest BCUT2D eigenvalue weighted by Crippen LogP contribution is 2.28. The van der Waals surface area contributed by atoms with Crippen molar-refractivity contribution in [1.82, 2.24) is 19.9 Å². The Morgan fingerprint density at radius 2 is 1.75 bits per heavy atom. The van der Waals surface area contributed by atoms with E-state index < -0.39 is 11.7 Å². The lowest BCUT2D eigenvalue weighted by Gasteiger charge is -2.28. The molecule has 9 heteroatoms. The van der Waals surface area contributed by atoms with Gasteiger partial charge in [0.05, 0.1) is 5.56 Å². The number of aromatic nitrogens is 3. The van der Waals surface area contributed by atoms with E-state index in [4.69, 9.17) is 0 Å². The number of amides is 1. The monoisotopic (exact) mass is 445 g/mol. The average molecular weight is 445 g/mol. The zero-order valence-electron chi connectivity index (χ0n) is 18.5. The summed E-state index contributed by atoms with van der Waals surface area (Å²) in [5, 5.41) is 1.70. The number of alkyl halides is 3. The molecule has 0 saturated heterocycles. The number of nitrogens with zero attached hydrogens (tertiary/aromatic N) is 5. The first-order chi connectivity index (χ1) is 15.1. The Bertz CT molecular complexity index is 1080. The standard InChI is InChI=1S/C23H26F3N5O/c1-5-17(10-11-19-27-13-16(14-28-19)23(24,25)26)31(4)22(32)21-18-9-7-6-8-15(18)12-20(29-21)30(2)3/h6-9,12-14,17H,5,10-11H2,1-4H3/t17-/m0/s1. The second kappa shape index (κ2) is 9.50. The van der Waals surface area contributed by atoms with Crippen molar-refractivity contribution < 1.29 is 18.0 Å². The van der Waals surface area contributed by atoms with Gasteiger partial charge in [0.15, 0.2) is 0 Å². The summed E-state index contributed by atoms with van der Waals surface area (Å²) in [5.41, 5.74) is -0.502. The number of benzene rings is 1. The van der Waals surface area contributed by atoms with Crippen LogP contribution in [0.2, 0.25) is 0 Å². The van der Waals surface area contributed by atoms with Crippen LogP contribution in [0.5, 0.6) is 0 Å². The predicted molar refractivity (Wildman–Crippen MR) is 118 cm³/mol. The molecule has 6 nitrogen and oxygen atoms in total. The summed E-state index contributed by atoms with van der Waals surface area (Å²) in [4.78, 5) is 29.1. The second-order valence-electron chi connectivity index (χ2n) is 7.85. The summed E-state index contributed by atoms with van der Waals surface area (Å²) in [6.45, 7) is 1.96. The third kappa shape index (κ3) is 5.15. The van der Waals surface area contributed by atoms with Crippen molar-refractivity contribution in [2.45, 2.75) is 38.4 Å². The first-order valence-electron chi connectivity index (χ1n) is 10.3. The third-order valence-corrected chi connectivity index (χ3v) is 5.46. The minimum absolute atomic E-state index is 0.142. The molecule has 1 aromatic carbocycles. The number of aryl methyl sites for hydroxylation is 1. The molecule has 3 rings (SSSR count). The number of halogens is 3. The summed E-state index contributed by atoms with van der Waals surface area (Å²) in [6.07, 6.45) is -1.32. The highest BCUT2D eigenvalue weighted by Gasteiger charge is 2.31. The fourth-order valence-corrected chi connectivity index (χ4v) is 3.51. The van der Waals surface area contributed by atoms with E-state index in [-0.39, 0.29) is 11.9 Å². The number of carbonyl (C=O) groups excluding carboxylic acids is 1. The molecule has 2 heterocycles. The Morgan fingerprint density at radius 3 is 2.34 bits per heavy atom. The van der Waals surface area contributed by atoms with Crippen LogP contribution in [0.15, 0.2) is 42.7 Å². The van der Waals surface area contributed by atoms with Gasteiger partial charge < -0.3 is 9.80 Å². The van der Waals surface area contributed by atoms with Crippen LogP contribution in [0.4, 0.5) is 19.0 Å². The molecular weight excluding hydrogens is 419 g/mol. The summed E-state index contributed by atoms with van der Waals surface area (Å²) in [7, 11) is 5.46. The van der Waals surface area contributed by atoms with E-state index in [1.807, 2.05) is 56.3 Å². The van der Waals surface area contributed by atoms with Gasteiger partial charge in [-0.2, -0.15) is 13.2 Å². The van der Waals surface area contributed by atoms with Crippen molar-refractivity contribution >= 4 is 22.5 Å². The maximum absolute atomic E-state index is 13.4. The molecule has 2 aromatic heterocycles. The molecular formula is C23H26F3N5O. The molecule has 0 aliphatic heterocycles. The molecule has 0 N–H and O–H groups in total. The fourth-order valence-electron chi connectivity index (χ4n) is 3.51. The lowest BCUT2D eigenvalue weighted by Crippen LogP contribution is -2.37. The molecule has 170 valence electrons.